The van der Waals surface area contributed by atoms with Gasteiger partial charge in [-0.25, -0.2) is 12.8 Å². The lowest BCUT2D eigenvalue weighted by molar-refractivity contribution is -0.0332. The quantitative estimate of drug-likeness (QED) is 0.798. The van der Waals surface area contributed by atoms with Gasteiger partial charge in [-0.3, -0.25) is 5.32 Å². The summed E-state index contributed by atoms with van der Waals surface area (Å²) in [5.74, 6) is 1.09. The Morgan fingerprint density at radius 3 is 2.28 bits per heavy atom. The van der Waals surface area contributed by atoms with Gasteiger partial charge in [0.2, 0.25) is 0 Å². The molecule has 3 fully saturated rings. The van der Waals surface area contributed by atoms with Crippen molar-refractivity contribution in [2.24, 2.45) is 11.8 Å². The van der Waals surface area contributed by atoms with E-state index in [0.717, 1.165) is 51.6 Å². The predicted octanol–water partition coefficient (Wildman–Crippen LogP) is 3.60. The van der Waals surface area contributed by atoms with Gasteiger partial charge in [-0.2, -0.15) is 0 Å². The van der Waals surface area contributed by atoms with E-state index in [0.29, 0.717) is 30.7 Å². The maximum absolute atomic E-state index is 13.2. The van der Waals surface area contributed by atoms with E-state index < -0.39 is 16.0 Å². The van der Waals surface area contributed by atoms with E-state index in [1.807, 2.05) is 0 Å². The minimum Gasteiger partial charge on any atom is -0.363 e. The van der Waals surface area contributed by atoms with Crippen LogP contribution in [-0.2, 0) is 14.6 Å². The van der Waals surface area contributed by atoms with Crippen molar-refractivity contribution < 1.29 is 17.5 Å². The van der Waals surface area contributed by atoms with Crippen LogP contribution in [0, 0.1) is 11.8 Å². The Morgan fingerprint density at radius 2 is 1.64 bits per heavy atom. The standard InChI is InChI=1S/C19H34FNO3S/c1-25(22,23)17-11-7-15(8-12-17)18-3-2-4-19(21-18)24-13-14-5-9-16(20)10-6-14/h14-19,21H,2-13H2,1H3. The molecule has 4 nitrogen and oxygen atoms in total. The van der Waals surface area contributed by atoms with Crippen LogP contribution in [0.15, 0.2) is 0 Å². The number of halogens is 1. The summed E-state index contributed by atoms with van der Waals surface area (Å²) in [6, 6.07) is 0.459. The van der Waals surface area contributed by atoms with Gasteiger partial charge in [0.1, 0.15) is 22.2 Å². The van der Waals surface area contributed by atoms with Gasteiger partial charge in [0.05, 0.1) is 11.9 Å². The minimum atomic E-state index is -2.89. The van der Waals surface area contributed by atoms with Gasteiger partial charge in [0, 0.05) is 12.3 Å². The number of piperidine rings is 1. The Morgan fingerprint density at radius 1 is 0.960 bits per heavy atom. The van der Waals surface area contributed by atoms with Crippen molar-refractivity contribution in [2.45, 2.75) is 94.3 Å². The van der Waals surface area contributed by atoms with Gasteiger partial charge in [-0.1, -0.05) is 0 Å². The number of rotatable bonds is 5. The third-order valence-electron chi connectivity index (χ3n) is 6.58. The highest BCUT2D eigenvalue weighted by molar-refractivity contribution is 7.91. The number of hydrogen-bond acceptors (Lipinski definition) is 4. The molecule has 1 heterocycles. The molecular weight excluding hydrogens is 341 g/mol. The Hall–Kier alpha value is -0.200. The highest BCUT2D eigenvalue weighted by Gasteiger charge is 2.34. The molecule has 0 radical (unpaired) electrons. The second-order valence-electron chi connectivity index (χ2n) is 8.51. The summed E-state index contributed by atoms with van der Waals surface area (Å²) in [7, 11) is -2.89. The Kier molecular flexibility index (Phi) is 6.77. The van der Waals surface area contributed by atoms with E-state index in [-0.39, 0.29) is 11.5 Å². The highest BCUT2D eigenvalue weighted by atomic mass is 32.2. The van der Waals surface area contributed by atoms with Crippen molar-refractivity contribution in [1.82, 2.24) is 5.32 Å². The molecule has 2 saturated carbocycles. The fraction of sp³-hybridized carbons (Fsp3) is 1.00. The lowest BCUT2D eigenvalue weighted by Crippen LogP contribution is -2.49. The van der Waals surface area contributed by atoms with Crippen molar-refractivity contribution in [3.05, 3.63) is 0 Å². The van der Waals surface area contributed by atoms with Gasteiger partial charge in [0.25, 0.3) is 0 Å². The normalized spacial score (nSPS) is 40.7. The van der Waals surface area contributed by atoms with Crippen LogP contribution in [0.3, 0.4) is 0 Å². The number of alkyl halides is 1. The second kappa shape index (κ2) is 8.66. The second-order valence-corrected chi connectivity index (χ2v) is 10.8. The van der Waals surface area contributed by atoms with Gasteiger partial charge < -0.3 is 4.74 Å². The minimum absolute atomic E-state index is 0.120. The zero-order valence-electron chi connectivity index (χ0n) is 15.5. The molecule has 0 bridgehead atoms. The first-order valence-corrected chi connectivity index (χ1v) is 12.1. The van der Waals surface area contributed by atoms with Crippen LogP contribution in [0.5, 0.6) is 0 Å². The number of sulfone groups is 1. The Labute approximate surface area is 152 Å². The molecule has 0 spiro atoms. The van der Waals surface area contributed by atoms with Crippen molar-refractivity contribution in [2.75, 3.05) is 12.9 Å². The van der Waals surface area contributed by atoms with E-state index in [2.05, 4.69) is 5.32 Å². The zero-order valence-corrected chi connectivity index (χ0v) is 16.3. The number of ether oxygens (including phenoxy) is 1. The summed E-state index contributed by atoms with van der Waals surface area (Å²) in [6.07, 6.45) is 11.2. The average molecular weight is 376 g/mol. The molecule has 0 aromatic carbocycles. The average Bonchev–Trinajstić information content (AvgIpc) is 2.61. The fourth-order valence-electron chi connectivity index (χ4n) is 4.89. The Bertz CT molecular complexity index is 511. The first-order chi connectivity index (χ1) is 11.9. The molecule has 2 aliphatic carbocycles. The SMILES string of the molecule is CS(=O)(=O)C1CCC(C2CCCC(OCC3CCC(F)CC3)N2)CC1. The number of hydrogen-bond donors (Lipinski definition) is 1. The molecule has 0 aromatic heterocycles. The fourth-order valence-corrected chi connectivity index (χ4v) is 6.02. The first kappa shape index (κ1) is 19.6. The summed E-state index contributed by atoms with van der Waals surface area (Å²) in [5.41, 5.74) is 0. The highest BCUT2D eigenvalue weighted by Crippen LogP contribution is 2.34. The smallest absolute Gasteiger partial charge is 0.150 e. The van der Waals surface area contributed by atoms with Crippen LogP contribution < -0.4 is 5.32 Å². The number of nitrogens with one attached hydrogen (secondary N) is 1. The van der Waals surface area contributed by atoms with Crippen molar-refractivity contribution in [3.63, 3.8) is 0 Å². The lowest BCUT2D eigenvalue weighted by Gasteiger charge is -2.39. The van der Waals surface area contributed by atoms with E-state index >= 15 is 0 Å². The molecule has 25 heavy (non-hydrogen) atoms. The van der Waals surface area contributed by atoms with Gasteiger partial charge in [0.15, 0.2) is 0 Å². The molecule has 0 amide bonds. The summed E-state index contributed by atoms with van der Waals surface area (Å²) in [4.78, 5) is 0. The van der Waals surface area contributed by atoms with Crippen LogP contribution >= 0.6 is 0 Å². The third kappa shape index (κ3) is 5.64. The van der Waals surface area contributed by atoms with Crippen LogP contribution in [0.2, 0.25) is 0 Å². The van der Waals surface area contributed by atoms with Crippen LogP contribution in [0.25, 0.3) is 0 Å². The van der Waals surface area contributed by atoms with Crippen LogP contribution in [-0.4, -0.2) is 45.0 Å². The van der Waals surface area contributed by atoms with Crippen molar-refractivity contribution in [1.29, 1.82) is 0 Å². The monoisotopic (exact) mass is 375 g/mol. The maximum atomic E-state index is 13.2. The molecule has 3 aliphatic rings. The Balaban J connectivity index is 1.41. The molecule has 1 saturated heterocycles. The van der Waals surface area contributed by atoms with Crippen molar-refractivity contribution >= 4 is 9.84 Å². The van der Waals surface area contributed by atoms with Crippen LogP contribution in [0.4, 0.5) is 4.39 Å². The predicted molar refractivity (Wildman–Crippen MR) is 98.0 cm³/mol. The molecule has 146 valence electrons. The summed E-state index contributed by atoms with van der Waals surface area (Å²) < 4.78 is 42.8. The van der Waals surface area contributed by atoms with Gasteiger partial charge >= 0.3 is 0 Å². The van der Waals surface area contributed by atoms with Crippen molar-refractivity contribution in [3.8, 4) is 0 Å². The van der Waals surface area contributed by atoms with E-state index in [4.69, 9.17) is 4.74 Å². The van der Waals surface area contributed by atoms with Crippen LogP contribution in [0.1, 0.15) is 70.6 Å². The molecule has 1 N–H and O–H groups in total. The zero-order chi connectivity index (χ0) is 17.9. The maximum Gasteiger partial charge on any atom is 0.150 e. The summed E-state index contributed by atoms with van der Waals surface area (Å²) >= 11 is 0. The molecule has 0 aromatic rings. The third-order valence-corrected chi connectivity index (χ3v) is 8.27. The molecule has 2 unspecified atom stereocenters. The molecule has 1 aliphatic heterocycles. The largest absolute Gasteiger partial charge is 0.363 e. The molecule has 6 heteroatoms. The topological polar surface area (TPSA) is 55.4 Å². The molecular formula is C19H34FNO3S. The summed E-state index contributed by atoms with van der Waals surface area (Å²) in [5, 5.41) is 3.55. The van der Waals surface area contributed by atoms with Gasteiger partial charge in [-0.05, 0) is 82.5 Å². The van der Waals surface area contributed by atoms with E-state index in [1.54, 1.807) is 0 Å². The first-order valence-electron chi connectivity index (χ1n) is 10.1. The van der Waals surface area contributed by atoms with E-state index in [1.165, 1.54) is 19.1 Å². The molecule has 2 atom stereocenters. The molecule has 3 rings (SSSR count). The lowest BCUT2D eigenvalue weighted by atomic mass is 9.80. The van der Waals surface area contributed by atoms with E-state index in [9.17, 15) is 12.8 Å². The van der Waals surface area contributed by atoms with Gasteiger partial charge in [-0.15, -0.1) is 0 Å². The summed E-state index contributed by atoms with van der Waals surface area (Å²) in [6.45, 7) is 0.748.